The van der Waals surface area contributed by atoms with Gasteiger partial charge in [0.1, 0.15) is 0 Å². The summed E-state index contributed by atoms with van der Waals surface area (Å²) in [4.78, 5) is 16.6. The third-order valence-corrected chi connectivity index (χ3v) is 7.22. The average Bonchev–Trinajstić information content (AvgIpc) is 3.30. The van der Waals surface area contributed by atoms with Crippen LogP contribution in [0.15, 0.2) is 38.3 Å². The largest absolute Gasteiger partial charge is 0.301 e. The van der Waals surface area contributed by atoms with Crippen LogP contribution in [0.5, 0.6) is 0 Å². The van der Waals surface area contributed by atoms with Crippen molar-refractivity contribution >= 4 is 57.2 Å². The standard InChI is InChI=1S/C17H18N4OS4/c1-3-11-5-7-12(8-6-11)13-9-24-15(18-13)19-14(22)10-25-17-21-20-16(26-17)23-4-2/h5-9H,3-4,10H2,1-2H3,(H,18,19,22). The summed E-state index contributed by atoms with van der Waals surface area (Å²) in [6.07, 6.45) is 1.02. The van der Waals surface area contributed by atoms with Crippen molar-refractivity contribution in [3.05, 3.63) is 35.2 Å². The van der Waals surface area contributed by atoms with E-state index in [4.69, 9.17) is 0 Å². The number of rotatable bonds is 8. The number of anilines is 1. The molecule has 1 amide bonds. The molecule has 3 rings (SSSR count). The summed E-state index contributed by atoms with van der Waals surface area (Å²) in [5.41, 5.74) is 3.24. The summed E-state index contributed by atoms with van der Waals surface area (Å²) < 4.78 is 1.75. The number of aromatic nitrogens is 3. The molecule has 0 atom stereocenters. The van der Waals surface area contributed by atoms with E-state index >= 15 is 0 Å². The highest BCUT2D eigenvalue weighted by Crippen LogP contribution is 2.29. The Morgan fingerprint density at radius 1 is 1.12 bits per heavy atom. The van der Waals surface area contributed by atoms with E-state index in [0.29, 0.717) is 10.9 Å². The lowest BCUT2D eigenvalue weighted by Gasteiger charge is -2.00. The number of benzene rings is 1. The normalized spacial score (nSPS) is 10.8. The second-order valence-corrected chi connectivity index (χ2v) is 9.76. The van der Waals surface area contributed by atoms with E-state index in [1.165, 1.54) is 40.0 Å². The minimum absolute atomic E-state index is 0.0860. The minimum atomic E-state index is -0.0860. The van der Waals surface area contributed by atoms with Gasteiger partial charge in [-0.1, -0.05) is 73.0 Å². The predicted molar refractivity (Wildman–Crippen MR) is 113 cm³/mol. The molecular formula is C17H18N4OS4. The maximum atomic E-state index is 12.1. The predicted octanol–water partition coefficient (Wildman–Crippen LogP) is 5.07. The van der Waals surface area contributed by atoms with Crippen LogP contribution >= 0.6 is 46.2 Å². The van der Waals surface area contributed by atoms with Gasteiger partial charge in [-0.25, -0.2) is 4.98 Å². The Morgan fingerprint density at radius 2 is 1.85 bits per heavy atom. The van der Waals surface area contributed by atoms with Crippen molar-refractivity contribution in [1.82, 2.24) is 15.2 Å². The van der Waals surface area contributed by atoms with E-state index in [9.17, 15) is 4.79 Å². The second kappa shape index (κ2) is 9.50. The fourth-order valence-electron chi connectivity index (χ4n) is 2.09. The van der Waals surface area contributed by atoms with Crippen LogP contribution in [0.2, 0.25) is 0 Å². The third kappa shape index (κ3) is 5.29. The zero-order valence-corrected chi connectivity index (χ0v) is 17.7. The van der Waals surface area contributed by atoms with Gasteiger partial charge in [-0.15, -0.1) is 21.5 Å². The number of hydrogen-bond donors (Lipinski definition) is 1. The molecule has 0 saturated heterocycles. The highest BCUT2D eigenvalue weighted by molar-refractivity contribution is 8.03. The Balaban J connectivity index is 1.53. The molecule has 2 heterocycles. The van der Waals surface area contributed by atoms with Crippen molar-refractivity contribution in [2.24, 2.45) is 0 Å². The molecule has 5 nitrogen and oxygen atoms in total. The smallest absolute Gasteiger partial charge is 0.236 e. The van der Waals surface area contributed by atoms with Crippen molar-refractivity contribution in [2.45, 2.75) is 28.9 Å². The van der Waals surface area contributed by atoms with Gasteiger partial charge in [-0.2, -0.15) is 0 Å². The van der Waals surface area contributed by atoms with Crippen LogP contribution in [0.25, 0.3) is 11.3 Å². The Labute approximate surface area is 169 Å². The Kier molecular flexibility index (Phi) is 7.07. The van der Waals surface area contributed by atoms with Gasteiger partial charge >= 0.3 is 0 Å². The number of hydrogen-bond acceptors (Lipinski definition) is 8. The lowest BCUT2D eigenvalue weighted by atomic mass is 10.1. The first-order chi connectivity index (χ1) is 12.7. The first kappa shape index (κ1) is 19.3. The molecule has 0 aliphatic rings. The topological polar surface area (TPSA) is 67.8 Å². The zero-order valence-electron chi connectivity index (χ0n) is 14.4. The van der Waals surface area contributed by atoms with Crippen molar-refractivity contribution in [1.29, 1.82) is 0 Å². The summed E-state index contributed by atoms with van der Waals surface area (Å²) in [5.74, 6) is 1.18. The van der Waals surface area contributed by atoms with Crippen molar-refractivity contribution in [3.63, 3.8) is 0 Å². The quantitative estimate of drug-likeness (QED) is 0.511. The molecule has 0 spiro atoms. The first-order valence-corrected chi connectivity index (χ1v) is 11.8. The molecule has 1 aromatic carbocycles. The van der Waals surface area contributed by atoms with Gasteiger partial charge in [-0.3, -0.25) is 4.79 Å². The van der Waals surface area contributed by atoms with E-state index in [2.05, 4.69) is 58.6 Å². The first-order valence-electron chi connectivity index (χ1n) is 8.11. The molecule has 3 aromatic rings. The zero-order chi connectivity index (χ0) is 18.4. The van der Waals surface area contributed by atoms with Gasteiger partial charge < -0.3 is 5.32 Å². The van der Waals surface area contributed by atoms with Crippen molar-refractivity contribution < 1.29 is 4.79 Å². The summed E-state index contributed by atoms with van der Waals surface area (Å²) in [7, 11) is 0. The number of nitrogens with one attached hydrogen (secondary N) is 1. The maximum Gasteiger partial charge on any atom is 0.236 e. The fraction of sp³-hybridized carbons (Fsp3) is 0.294. The molecule has 9 heteroatoms. The number of carbonyl (C=O) groups is 1. The SMILES string of the molecule is CCSc1nnc(SCC(=O)Nc2nc(-c3ccc(CC)cc3)cs2)s1. The lowest BCUT2D eigenvalue weighted by Crippen LogP contribution is -2.13. The number of nitrogens with zero attached hydrogens (tertiary/aromatic N) is 3. The molecule has 26 heavy (non-hydrogen) atoms. The van der Waals surface area contributed by atoms with E-state index in [0.717, 1.165) is 32.1 Å². The monoisotopic (exact) mass is 422 g/mol. The van der Waals surface area contributed by atoms with Crippen molar-refractivity contribution in [3.8, 4) is 11.3 Å². The van der Waals surface area contributed by atoms with Gasteiger partial charge in [0.05, 0.1) is 11.4 Å². The number of thiazole rings is 1. The van der Waals surface area contributed by atoms with Crippen molar-refractivity contribution in [2.75, 3.05) is 16.8 Å². The fourth-order valence-corrected chi connectivity index (χ4v) is 5.55. The lowest BCUT2D eigenvalue weighted by molar-refractivity contribution is -0.113. The van der Waals surface area contributed by atoms with E-state index in [-0.39, 0.29) is 5.91 Å². The van der Waals surface area contributed by atoms with Gasteiger partial charge in [0.25, 0.3) is 0 Å². The van der Waals surface area contributed by atoms with Crippen LogP contribution in [0.1, 0.15) is 19.4 Å². The van der Waals surface area contributed by atoms with Gasteiger partial charge in [0.15, 0.2) is 13.8 Å². The van der Waals surface area contributed by atoms with Gasteiger partial charge in [0.2, 0.25) is 5.91 Å². The molecule has 0 fully saturated rings. The van der Waals surface area contributed by atoms with E-state index in [1.54, 1.807) is 11.8 Å². The van der Waals surface area contributed by atoms with Crippen LogP contribution in [0.4, 0.5) is 5.13 Å². The molecule has 0 bridgehead atoms. The Hall–Kier alpha value is -1.42. The molecular weight excluding hydrogens is 404 g/mol. The summed E-state index contributed by atoms with van der Waals surface area (Å²) in [6, 6.07) is 8.35. The Bertz CT molecular complexity index is 860. The van der Waals surface area contributed by atoms with Crippen LogP contribution in [-0.4, -0.2) is 32.6 Å². The second-order valence-electron chi connectivity index (χ2n) is 5.19. The van der Waals surface area contributed by atoms with Crippen LogP contribution in [0.3, 0.4) is 0 Å². The highest BCUT2D eigenvalue weighted by Gasteiger charge is 2.11. The molecule has 2 aromatic heterocycles. The summed E-state index contributed by atoms with van der Waals surface area (Å²) >= 11 is 6.01. The van der Waals surface area contributed by atoms with Crippen LogP contribution in [0, 0.1) is 0 Å². The highest BCUT2D eigenvalue weighted by atomic mass is 32.2. The maximum absolute atomic E-state index is 12.1. The molecule has 0 aliphatic heterocycles. The summed E-state index contributed by atoms with van der Waals surface area (Å²) in [5, 5.41) is 13.6. The number of thioether (sulfide) groups is 2. The summed E-state index contributed by atoms with van der Waals surface area (Å²) in [6.45, 7) is 4.21. The number of aryl methyl sites for hydroxylation is 1. The molecule has 0 saturated carbocycles. The number of carbonyl (C=O) groups excluding carboxylic acids is 1. The number of amides is 1. The molecule has 136 valence electrons. The molecule has 1 N–H and O–H groups in total. The van der Waals surface area contributed by atoms with Crippen LogP contribution in [-0.2, 0) is 11.2 Å². The third-order valence-electron chi connectivity index (χ3n) is 3.39. The van der Waals surface area contributed by atoms with E-state index in [1.807, 2.05) is 5.38 Å². The van der Waals surface area contributed by atoms with Gasteiger partial charge in [-0.05, 0) is 17.7 Å². The average molecular weight is 423 g/mol. The van der Waals surface area contributed by atoms with E-state index < -0.39 is 0 Å². The molecule has 0 aliphatic carbocycles. The molecule has 0 radical (unpaired) electrons. The Morgan fingerprint density at radius 3 is 2.54 bits per heavy atom. The minimum Gasteiger partial charge on any atom is -0.301 e. The van der Waals surface area contributed by atoms with Gasteiger partial charge in [0, 0.05) is 10.9 Å². The molecule has 0 unspecified atom stereocenters. The van der Waals surface area contributed by atoms with Crippen LogP contribution < -0.4 is 5.32 Å².